The normalized spacial score (nSPS) is 12.7. The number of hydrogen-bond donors (Lipinski definition) is 1. The molecule has 152 valence electrons. The molecular weight excluding hydrogens is 451 g/mol. The van der Waals surface area contributed by atoms with Gasteiger partial charge in [0.15, 0.2) is 11.6 Å². The second-order valence-corrected chi connectivity index (χ2v) is 10.2. The van der Waals surface area contributed by atoms with E-state index in [2.05, 4.69) is 9.97 Å². The van der Waals surface area contributed by atoms with Gasteiger partial charge in [-0.1, -0.05) is 24.3 Å². The molecule has 30 heavy (non-hydrogen) atoms. The first-order chi connectivity index (χ1) is 14.2. The second kappa shape index (κ2) is 7.75. The summed E-state index contributed by atoms with van der Waals surface area (Å²) in [6.45, 7) is 0. The number of aromatic amines is 1. The van der Waals surface area contributed by atoms with Gasteiger partial charge in [-0.25, -0.2) is 17.8 Å². The van der Waals surface area contributed by atoms with Crippen LogP contribution < -0.4 is 0 Å². The van der Waals surface area contributed by atoms with Crippen LogP contribution >= 0.6 is 22.0 Å². The number of aromatic nitrogens is 2. The molecule has 2 aromatic carbocycles. The van der Waals surface area contributed by atoms with Gasteiger partial charge in [0.1, 0.15) is 21.8 Å². The van der Waals surface area contributed by atoms with E-state index in [1.54, 1.807) is 24.3 Å². The molecule has 1 N–H and O–H groups in total. The summed E-state index contributed by atoms with van der Waals surface area (Å²) in [6, 6.07) is 14.5. The lowest BCUT2D eigenvalue weighted by atomic mass is 9.92. The Hall–Kier alpha value is -2.88. The number of H-pyrrole nitrogens is 1. The molecule has 4 rings (SSSR count). The Morgan fingerprint density at radius 3 is 2.47 bits per heavy atom. The highest BCUT2D eigenvalue weighted by Gasteiger charge is 2.34. The van der Waals surface area contributed by atoms with Gasteiger partial charge in [-0.05, 0) is 36.4 Å². The number of carbonyl (C=O) groups excluding carboxylic acids is 2. The smallest absolute Gasteiger partial charge is 0.270 e. The van der Waals surface area contributed by atoms with E-state index in [9.17, 15) is 22.4 Å². The van der Waals surface area contributed by atoms with Crippen molar-refractivity contribution in [2.24, 2.45) is 0 Å². The molecule has 4 aromatic rings. The van der Waals surface area contributed by atoms with Crippen LogP contribution in [0.15, 0.2) is 64.9 Å². The van der Waals surface area contributed by atoms with E-state index in [-0.39, 0.29) is 20.5 Å². The number of ketones is 2. The maximum absolute atomic E-state index is 13.7. The Labute approximate surface area is 178 Å². The van der Waals surface area contributed by atoms with Crippen LogP contribution in [0.3, 0.4) is 0 Å². The van der Waals surface area contributed by atoms with Crippen molar-refractivity contribution in [3.63, 3.8) is 0 Å². The van der Waals surface area contributed by atoms with E-state index in [0.29, 0.717) is 22.4 Å². The predicted octanol–water partition coefficient (Wildman–Crippen LogP) is 4.54. The Balaban J connectivity index is 1.83. The van der Waals surface area contributed by atoms with Crippen molar-refractivity contribution in [1.29, 1.82) is 0 Å². The third-order valence-corrected chi connectivity index (χ3v) is 7.57. The number of imidazole rings is 1. The lowest BCUT2D eigenvalue weighted by Gasteiger charge is -2.12. The van der Waals surface area contributed by atoms with E-state index in [1.807, 2.05) is 0 Å². The van der Waals surface area contributed by atoms with Crippen LogP contribution in [-0.4, -0.2) is 30.0 Å². The number of Topliss-reactive ketones (excluding diaryl/α,β-unsaturated/α-hetero) is 2. The number of halogens is 2. The highest BCUT2D eigenvalue weighted by molar-refractivity contribution is 8.15. The number of thiophene rings is 1. The number of carbonyl (C=O) groups is 2. The molecule has 2 heterocycles. The van der Waals surface area contributed by atoms with E-state index < -0.39 is 32.4 Å². The fraction of sp³-hybridized carbons (Fsp3) is 0.0500. The molecule has 0 amide bonds. The molecule has 0 fully saturated rings. The zero-order chi connectivity index (χ0) is 21.5. The predicted molar refractivity (Wildman–Crippen MR) is 111 cm³/mol. The summed E-state index contributed by atoms with van der Waals surface area (Å²) in [4.78, 5) is 33.8. The summed E-state index contributed by atoms with van der Waals surface area (Å²) in [5, 5.41) is 0. The molecular formula is C20H12ClFN2O4S2. The van der Waals surface area contributed by atoms with Crippen molar-refractivity contribution < 1.29 is 22.4 Å². The van der Waals surface area contributed by atoms with Crippen molar-refractivity contribution in [1.82, 2.24) is 9.97 Å². The minimum absolute atomic E-state index is 0.00412. The van der Waals surface area contributed by atoms with Crippen LogP contribution in [0.1, 0.15) is 31.8 Å². The molecule has 6 nitrogen and oxygen atoms in total. The van der Waals surface area contributed by atoms with Gasteiger partial charge in [0, 0.05) is 16.2 Å². The van der Waals surface area contributed by atoms with Gasteiger partial charge in [-0.15, -0.1) is 11.3 Å². The molecule has 0 saturated carbocycles. The largest absolute Gasteiger partial charge is 0.341 e. The van der Waals surface area contributed by atoms with E-state index >= 15 is 0 Å². The summed E-state index contributed by atoms with van der Waals surface area (Å²) in [5.41, 5.74) is 1.16. The fourth-order valence-electron chi connectivity index (χ4n) is 3.01. The van der Waals surface area contributed by atoms with Crippen LogP contribution in [0.4, 0.5) is 4.39 Å². The molecule has 10 heteroatoms. The lowest BCUT2D eigenvalue weighted by molar-refractivity contribution is 0.0858. The van der Waals surface area contributed by atoms with Gasteiger partial charge in [0.25, 0.3) is 9.05 Å². The standard InChI is InChI=1S/C20H12ClFN2O4S2/c21-30(27,28)16-9-8-15(29-16)19(26)17(18(25)11-4-3-5-12(22)10-11)20-23-13-6-1-2-7-14(13)24-20/h1-10,17H,(H,23,24). The van der Waals surface area contributed by atoms with Crippen LogP contribution in [0.5, 0.6) is 0 Å². The summed E-state index contributed by atoms with van der Waals surface area (Å²) < 4.78 is 36.6. The second-order valence-electron chi connectivity index (χ2n) is 6.37. The molecule has 1 atom stereocenters. The summed E-state index contributed by atoms with van der Waals surface area (Å²) in [7, 11) is 1.32. The SMILES string of the molecule is O=C(c1cccc(F)c1)C(C(=O)c1ccc(S(=O)(=O)Cl)s1)c1nc2ccccc2[nH]1. The van der Waals surface area contributed by atoms with Crippen LogP contribution in [0.25, 0.3) is 11.0 Å². The molecule has 0 saturated heterocycles. The zero-order valence-electron chi connectivity index (χ0n) is 15.0. The molecule has 0 bridgehead atoms. The molecule has 0 aliphatic carbocycles. The first kappa shape index (κ1) is 20.4. The minimum atomic E-state index is -4.02. The Morgan fingerprint density at radius 1 is 1.03 bits per heavy atom. The van der Waals surface area contributed by atoms with Crippen molar-refractivity contribution in [2.45, 2.75) is 10.1 Å². The topological polar surface area (TPSA) is 97.0 Å². The van der Waals surface area contributed by atoms with Gasteiger partial charge in [-0.2, -0.15) is 0 Å². The third kappa shape index (κ3) is 3.91. The minimum Gasteiger partial charge on any atom is -0.341 e. The molecule has 0 spiro atoms. The molecule has 1 unspecified atom stereocenters. The molecule has 0 aliphatic rings. The number of nitrogens with zero attached hydrogens (tertiary/aromatic N) is 1. The highest BCUT2D eigenvalue weighted by Crippen LogP contribution is 2.31. The third-order valence-electron chi connectivity index (χ3n) is 4.38. The van der Waals surface area contributed by atoms with Crippen LogP contribution in [0.2, 0.25) is 0 Å². The maximum Gasteiger partial charge on any atom is 0.270 e. The number of fused-ring (bicyclic) bond motifs is 1. The van der Waals surface area contributed by atoms with E-state index in [4.69, 9.17) is 10.7 Å². The van der Waals surface area contributed by atoms with Gasteiger partial charge in [-0.3, -0.25) is 9.59 Å². The molecule has 2 aromatic heterocycles. The van der Waals surface area contributed by atoms with Gasteiger partial charge < -0.3 is 4.98 Å². The maximum atomic E-state index is 13.7. The molecule has 0 radical (unpaired) electrons. The van der Waals surface area contributed by atoms with Crippen molar-refractivity contribution >= 4 is 53.7 Å². The number of benzene rings is 2. The zero-order valence-corrected chi connectivity index (χ0v) is 17.4. The highest BCUT2D eigenvalue weighted by atomic mass is 35.7. The number of hydrogen-bond acceptors (Lipinski definition) is 6. The monoisotopic (exact) mass is 462 g/mol. The van der Waals surface area contributed by atoms with Gasteiger partial charge in [0.05, 0.1) is 15.9 Å². The first-order valence-electron chi connectivity index (χ1n) is 8.57. The summed E-state index contributed by atoms with van der Waals surface area (Å²) in [6.07, 6.45) is 0. The van der Waals surface area contributed by atoms with Crippen molar-refractivity contribution in [3.05, 3.63) is 82.7 Å². The number of nitrogens with one attached hydrogen (secondary N) is 1. The Kier molecular flexibility index (Phi) is 5.27. The van der Waals surface area contributed by atoms with Crippen LogP contribution in [0, 0.1) is 5.82 Å². The van der Waals surface area contributed by atoms with Crippen LogP contribution in [-0.2, 0) is 9.05 Å². The lowest BCUT2D eigenvalue weighted by Crippen LogP contribution is -2.23. The Bertz CT molecular complexity index is 1360. The van der Waals surface area contributed by atoms with Gasteiger partial charge in [0.2, 0.25) is 0 Å². The van der Waals surface area contributed by atoms with Gasteiger partial charge >= 0.3 is 0 Å². The van der Waals surface area contributed by atoms with Crippen molar-refractivity contribution in [3.8, 4) is 0 Å². The fourth-order valence-corrected chi connectivity index (χ4v) is 5.05. The average Bonchev–Trinajstić information content (AvgIpc) is 3.35. The summed E-state index contributed by atoms with van der Waals surface area (Å²) >= 11 is 0.656. The van der Waals surface area contributed by atoms with E-state index in [0.717, 1.165) is 6.07 Å². The average molecular weight is 463 g/mol. The number of para-hydroxylation sites is 2. The van der Waals surface area contributed by atoms with E-state index in [1.165, 1.54) is 30.3 Å². The first-order valence-corrected chi connectivity index (χ1v) is 11.7. The number of rotatable bonds is 6. The molecule has 0 aliphatic heterocycles. The Morgan fingerprint density at radius 2 is 1.80 bits per heavy atom. The van der Waals surface area contributed by atoms with Crippen molar-refractivity contribution in [2.75, 3.05) is 0 Å². The summed E-state index contributed by atoms with van der Waals surface area (Å²) in [5.74, 6) is -3.28. The quantitative estimate of drug-likeness (QED) is 0.258.